The van der Waals surface area contributed by atoms with Crippen LogP contribution in [0.1, 0.15) is 6.92 Å². The Morgan fingerprint density at radius 1 is 1.13 bits per heavy atom. The van der Waals surface area contributed by atoms with Gasteiger partial charge in [-0.3, -0.25) is 9.59 Å². The Hall–Kier alpha value is -3.08. The van der Waals surface area contributed by atoms with Gasteiger partial charge in [-0.1, -0.05) is 12.1 Å². The number of carbonyl (C=O) groups is 1. The lowest BCUT2D eigenvalue weighted by molar-refractivity contribution is -0.114. The van der Waals surface area contributed by atoms with Crippen LogP contribution in [0.3, 0.4) is 0 Å². The molecule has 0 atom stereocenters. The first-order chi connectivity index (χ1) is 11.1. The second kappa shape index (κ2) is 5.96. The quantitative estimate of drug-likeness (QED) is 0.805. The Morgan fingerprint density at radius 2 is 1.91 bits per heavy atom. The van der Waals surface area contributed by atoms with Crippen molar-refractivity contribution in [3.05, 3.63) is 58.8 Å². The van der Waals surface area contributed by atoms with Crippen LogP contribution in [0.5, 0.6) is 5.75 Å². The van der Waals surface area contributed by atoms with E-state index in [4.69, 9.17) is 9.15 Å². The van der Waals surface area contributed by atoms with Crippen LogP contribution >= 0.6 is 0 Å². The van der Waals surface area contributed by atoms with Gasteiger partial charge in [0.25, 0.3) is 0 Å². The van der Waals surface area contributed by atoms with Crippen LogP contribution in [0, 0.1) is 0 Å². The number of anilines is 1. The van der Waals surface area contributed by atoms with Crippen molar-refractivity contribution in [3.8, 4) is 17.1 Å². The first-order valence-electron chi connectivity index (χ1n) is 7.07. The van der Waals surface area contributed by atoms with Gasteiger partial charge in [0.2, 0.25) is 5.91 Å². The molecule has 1 amide bonds. The van der Waals surface area contributed by atoms with Crippen molar-refractivity contribution in [1.29, 1.82) is 0 Å². The third kappa shape index (κ3) is 2.94. The lowest BCUT2D eigenvalue weighted by Gasteiger charge is -2.09. The average molecular weight is 309 g/mol. The van der Waals surface area contributed by atoms with Crippen molar-refractivity contribution in [3.63, 3.8) is 0 Å². The number of hydrogen-bond donors (Lipinski definition) is 1. The van der Waals surface area contributed by atoms with Gasteiger partial charge in [0.1, 0.15) is 17.1 Å². The van der Waals surface area contributed by atoms with Crippen LogP contribution in [0.25, 0.3) is 22.3 Å². The monoisotopic (exact) mass is 309 g/mol. The molecule has 0 radical (unpaired) electrons. The number of para-hydroxylation sites is 1. The predicted octanol–water partition coefficient (Wildman–Crippen LogP) is 3.43. The first-order valence-corrected chi connectivity index (χ1v) is 7.07. The van der Waals surface area contributed by atoms with Crippen LogP contribution in [0.15, 0.2) is 57.7 Å². The van der Waals surface area contributed by atoms with Crippen molar-refractivity contribution >= 4 is 22.6 Å². The Labute approximate surface area is 132 Å². The molecule has 0 fully saturated rings. The van der Waals surface area contributed by atoms with Gasteiger partial charge in [-0.25, -0.2) is 0 Å². The molecule has 0 aliphatic carbocycles. The molecule has 0 aliphatic rings. The third-order valence-electron chi connectivity index (χ3n) is 3.42. The fourth-order valence-electron chi connectivity index (χ4n) is 2.42. The van der Waals surface area contributed by atoms with Crippen molar-refractivity contribution in [2.24, 2.45) is 0 Å². The highest BCUT2D eigenvalue weighted by atomic mass is 16.5. The van der Waals surface area contributed by atoms with Gasteiger partial charge in [0.15, 0.2) is 5.43 Å². The van der Waals surface area contributed by atoms with E-state index in [1.807, 2.05) is 18.2 Å². The summed E-state index contributed by atoms with van der Waals surface area (Å²) < 4.78 is 11.2. The van der Waals surface area contributed by atoms with E-state index in [-0.39, 0.29) is 11.3 Å². The van der Waals surface area contributed by atoms with Gasteiger partial charge in [0.05, 0.1) is 18.1 Å². The normalized spacial score (nSPS) is 10.5. The molecule has 0 saturated heterocycles. The number of fused-ring (bicyclic) bond motifs is 1. The molecule has 3 aromatic rings. The van der Waals surface area contributed by atoms with Crippen molar-refractivity contribution in [1.82, 2.24) is 0 Å². The summed E-state index contributed by atoms with van der Waals surface area (Å²) in [5, 5.41) is 3.13. The predicted molar refractivity (Wildman–Crippen MR) is 88.8 cm³/mol. The van der Waals surface area contributed by atoms with E-state index in [2.05, 4.69) is 5.32 Å². The molecule has 0 saturated carbocycles. The van der Waals surface area contributed by atoms with E-state index in [1.54, 1.807) is 31.4 Å². The van der Waals surface area contributed by atoms with Crippen LogP contribution in [0.4, 0.5) is 5.69 Å². The van der Waals surface area contributed by atoms with E-state index >= 15 is 0 Å². The number of hydrogen-bond acceptors (Lipinski definition) is 4. The maximum absolute atomic E-state index is 12.3. The summed E-state index contributed by atoms with van der Waals surface area (Å²) >= 11 is 0. The summed E-state index contributed by atoms with van der Waals surface area (Å²) in [4.78, 5) is 23.5. The molecule has 116 valence electrons. The highest BCUT2D eigenvalue weighted by molar-refractivity contribution is 5.91. The largest absolute Gasteiger partial charge is 0.496 e. The Kier molecular flexibility index (Phi) is 3.85. The minimum atomic E-state index is -0.187. The van der Waals surface area contributed by atoms with Crippen LogP contribution in [-0.2, 0) is 4.79 Å². The Morgan fingerprint density at radius 3 is 2.65 bits per heavy atom. The fraction of sp³-hybridized carbons (Fsp3) is 0.111. The molecule has 0 bridgehead atoms. The number of rotatable bonds is 3. The number of ether oxygens (including phenoxy) is 1. The third-order valence-corrected chi connectivity index (χ3v) is 3.42. The van der Waals surface area contributed by atoms with Crippen molar-refractivity contribution < 1.29 is 13.9 Å². The molecule has 0 spiro atoms. The molecule has 2 aromatic carbocycles. The molecule has 5 nitrogen and oxygen atoms in total. The van der Waals surface area contributed by atoms with Crippen LogP contribution < -0.4 is 15.5 Å². The minimum absolute atomic E-state index is 0.151. The maximum Gasteiger partial charge on any atom is 0.221 e. The van der Waals surface area contributed by atoms with E-state index in [0.717, 1.165) is 0 Å². The summed E-state index contributed by atoms with van der Waals surface area (Å²) in [6.07, 6.45) is 0. The molecule has 5 heteroatoms. The zero-order valence-corrected chi connectivity index (χ0v) is 12.8. The van der Waals surface area contributed by atoms with Crippen molar-refractivity contribution in [2.45, 2.75) is 6.92 Å². The summed E-state index contributed by atoms with van der Waals surface area (Å²) in [5.41, 5.74) is 1.52. The van der Waals surface area contributed by atoms with E-state index in [9.17, 15) is 9.59 Å². The smallest absolute Gasteiger partial charge is 0.221 e. The van der Waals surface area contributed by atoms with Gasteiger partial charge >= 0.3 is 0 Å². The summed E-state index contributed by atoms with van der Waals surface area (Å²) in [6, 6.07) is 13.7. The van der Waals surface area contributed by atoms with E-state index in [1.165, 1.54) is 13.0 Å². The first kappa shape index (κ1) is 14.8. The van der Waals surface area contributed by atoms with Gasteiger partial charge in [-0.05, 0) is 24.3 Å². The van der Waals surface area contributed by atoms with E-state index in [0.29, 0.717) is 33.7 Å². The number of nitrogens with one attached hydrogen (secondary N) is 1. The number of amides is 1. The summed E-state index contributed by atoms with van der Waals surface area (Å²) in [5.74, 6) is 0.848. The van der Waals surface area contributed by atoms with E-state index < -0.39 is 0 Å². The highest BCUT2D eigenvalue weighted by Crippen LogP contribution is 2.30. The zero-order valence-electron chi connectivity index (χ0n) is 12.8. The molecule has 0 aliphatic heterocycles. The molecular weight excluding hydrogens is 294 g/mol. The van der Waals surface area contributed by atoms with Crippen LogP contribution in [-0.4, -0.2) is 13.0 Å². The lowest BCUT2D eigenvalue weighted by Crippen LogP contribution is -2.06. The lowest BCUT2D eigenvalue weighted by atomic mass is 10.1. The second-order valence-electron chi connectivity index (χ2n) is 5.07. The maximum atomic E-state index is 12.3. The fourth-order valence-corrected chi connectivity index (χ4v) is 2.42. The Bertz CT molecular complexity index is 943. The topological polar surface area (TPSA) is 68.5 Å². The van der Waals surface area contributed by atoms with Crippen LogP contribution in [0.2, 0.25) is 0 Å². The Balaban J connectivity index is 2.19. The molecule has 1 aromatic heterocycles. The summed E-state index contributed by atoms with van der Waals surface area (Å²) in [7, 11) is 1.56. The zero-order chi connectivity index (χ0) is 16.4. The molecule has 0 unspecified atom stereocenters. The highest BCUT2D eigenvalue weighted by Gasteiger charge is 2.11. The van der Waals surface area contributed by atoms with Crippen molar-refractivity contribution in [2.75, 3.05) is 12.4 Å². The number of benzene rings is 2. The molecule has 23 heavy (non-hydrogen) atoms. The number of carbonyl (C=O) groups excluding carboxylic acids is 1. The van der Waals surface area contributed by atoms with Gasteiger partial charge in [-0.15, -0.1) is 0 Å². The standard InChI is InChI=1S/C18H15NO4/c1-11(20)19-12-7-8-13-15(21)10-18(23-17(13)9-12)14-5-3-4-6-16(14)22-2/h3-10H,1-2H3,(H,19,20). The summed E-state index contributed by atoms with van der Waals surface area (Å²) in [6.45, 7) is 1.42. The average Bonchev–Trinajstić information content (AvgIpc) is 2.53. The molecular formula is C18H15NO4. The molecule has 3 rings (SSSR count). The van der Waals surface area contributed by atoms with Gasteiger partial charge < -0.3 is 14.5 Å². The molecule has 1 N–H and O–H groups in total. The second-order valence-corrected chi connectivity index (χ2v) is 5.07. The van der Waals surface area contributed by atoms with Gasteiger partial charge in [0, 0.05) is 24.7 Å². The number of methoxy groups -OCH3 is 1. The molecule has 1 heterocycles. The minimum Gasteiger partial charge on any atom is -0.496 e. The van der Waals surface area contributed by atoms with Gasteiger partial charge in [-0.2, -0.15) is 0 Å². The SMILES string of the molecule is COc1ccccc1-c1cc(=O)c2ccc(NC(C)=O)cc2o1.